The van der Waals surface area contributed by atoms with Gasteiger partial charge in [-0.05, 0) is 43.0 Å². The zero-order valence-electron chi connectivity index (χ0n) is 18.1. The van der Waals surface area contributed by atoms with Gasteiger partial charge in [0.1, 0.15) is 5.52 Å². The maximum atomic E-state index is 13.5. The van der Waals surface area contributed by atoms with E-state index in [0.29, 0.717) is 29.1 Å². The normalized spacial score (nSPS) is 14.4. The summed E-state index contributed by atoms with van der Waals surface area (Å²) in [5.74, 6) is -0.146. The molecule has 0 atom stereocenters. The number of pyridine rings is 1. The number of nitrogens with zero attached hydrogens (tertiary/aromatic N) is 2. The van der Waals surface area contributed by atoms with E-state index in [1.165, 1.54) is 0 Å². The summed E-state index contributed by atoms with van der Waals surface area (Å²) in [4.78, 5) is 26.9. The van der Waals surface area contributed by atoms with Crippen molar-refractivity contribution in [3.63, 3.8) is 0 Å². The van der Waals surface area contributed by atoms with Gasteiger partial charge >= 0.3 is 0 Å². The van der Waals surface area contributed by atoms with Crippen molar-refractivity contribution in [2.75, 3.05) is 6.54 Å². The lowest BCUT2D eigenvalue weighted by Gasteiger charge is -2.16. The zero-order chi connectivity index (χ0) is 22.2. The van der Waals surface area contributed by atoms with E-state index in [1.807, 2.05) is 64.7 Å². The van der Waals surface area contributed by atoms with Crippen LogP contribution in [0.25, 0.3) is 21.8 Å². The Bertz CT molecular complexity index is 1360. The molecular weight excluding hydrogens is 422 g/mol. The van der Waals surface area contributed by atoms with Crippen molar-refractivity contribution < 1.29 is 4.79 Å². The SMILES string of the molecule is Cn1c2ccccc2c2c(C(=O)NCCc3ccc(Cl)cc3)cn(C3CCCC3)c(=O)c21. The van der Waals surface area contributed by atoms with E-state index in [9.17, 15) is 9.59 Å². The van der Waals surface area contributed by atoms with Gasteiger partial charge < -0.3 is 14.5 Å². The maximum Gasteiger partial charge on any atom is 0.275 e. The van der Waals surface area contributed by atoms with Gasteiger partial charge in [-0.25, -0.2) is 0 Å². The van der Waals surface area contributed by atoms with E-state index in [1.54, 1.807) is 6.20 Å². The number of aromatic nitrogens is 2. The molecule has 0 unspecified atom stereocenters. The minimum atomic E-state index is -0.146. The number of nitrogens with one attached hydrogen (secondary N) is 1. The Morgan fingerprint density at radius 2 is 1.81 bits per heavy atom. The molecule has 0 radical (unpaired) electrons. The molecule has 2 heterocycles. The van der Waals surface area contributed by atoms with Gasteiger partial charge in [-0.2, -0.15) is 0 Å². The average molecular weight is 448 g/mol. The van der Waals surface area contributed by atoms with E-state index in [0.717, 1.165) is 47.5 Å². The van der Waals surface area contributed by atoms with Gasteiger partial charge in [0, 0.05) is 47.1 Å². The number of carbonyl (C=O) groups excluding carboxylic acids is 1. The highest BCUT2D eigenvalue weighted by atomic mass is 35.5. The second-order valence-electron chi connectivity index (χ2n) is 8.63. The monoisotopic (exact) mass is 447 g/mol. The van der Waals surface area contributed by atoms with Crippen LogP contribution in [0.1, 0.15) is 47.6 Å². The second kappa shape index (κ2) is 8.47. The highest BCUT2D eigenvalue weighted by Crippen LogP contribution is 2.33. The second-order valence-corrected chi connectivity index (χ2v) is 9.06. The Hall–Kier alpha value is -3.05. The summed E-state index contributed by atoms with van der Waals surface area (Å²) in [6, 6.07) is 15.7. The lowest BCUT2D eigenvalue weighted by atomic mass is 10.1. The Kier molecular flexibility index (Phi) is 5.51. The largest absolute Gasteiger partial charge is 0.352 e. The van der Waals surface area contributed by atoms with Gasteiger partial charge in [-0.3, -0.25) is 9.59 Å². The minimum Gasteiger partial charge on any atom is -0.352 e. The fourth-order valence-electron chi connectivity index (χ4n) is 4.99. The molecule has 1 saturated carbocycles. The van der Waals surface area contributed by atoms with Crippen LogP contribution in [0, 0.1) is 0 Å². The van der Waals surface area contributed by atoms with Crippen LogP contribution in [-0.2, 0) is 13.5 Å². The minimum absolute atomic E-state index is 0.0108. The van der Waals surface area contributed by atoms with Crippen molar-refractivity contribution in [2.45, 2.75) is 38.1 Å². The molecule has 0 saturated heterocycles. The fourth-order valence-corrected chi connectivity index (χ4v) is 5.12. The molecule has 5 nitrogen and oxygen atoms in total. The van der Waals surface area contributed by atoms with Crippen LogP contribution >= 0.6 is 11.6 Å². The summed E-state index contributed by atoms with van der Waals surface area (Å²) in [5, 5.41) is 5.44. The van der Waals surface area contributed by atoms with Gasteiger partial charge in [0.25, 0.3) is 11.5 Å². The smallest absolute Gasteiger partial charge is 0.275 e. The molecule has 6 heteroatoms. The molecule has 4 aromatic rings. The maximum absolute atomic E-state index is 13.5. The number of rotatable bonds is 5. The molecule has 164 valence electrons. The standard InChI is InChI=1S/C26H26ClN3O2/c1-29-22-9-5-4-8-20(22)23-21(16-30(26(32)24(23)29)19-6-2-3-7-19)25(31)28-15-14-17-10-12-18(27)13-11-17/h4-5,8-13,16,19H,2-3,6-7,14-15H2,1H3,(H,28,31). The Balaban J connectivity index is 1.56. The number of para-hydroxylation sites is 1. The van der Waals surface area contributed by atoms with Gasteiger partial charge in [0.2, 0.25) is 0 Å². The van der Waals surface area contributed by atoms with Crippen molar-refractivity contribution >= 4 is 39.3 Å². The Morgan fingerprint density at radius 1 is 1.09 bits per heavy atom. The van der Waals surface area contributed by atoms with E-state index >= 15 is 0 Å². The lowest BCUT2D eigenvalue weighted by Crippen LogP contribution is -2.30. The van der Waals surface area contributed by atoms with Crippen LogP contribution in [0.3, 0.4) is 0 Å². The van der Waals surface area contributed by atoms with Gasteiger partial charge in [0.15, 0.2) is 0 Å². The van der Waals surface area contributed by atoms with Gasteiger partial charge in [-0.1, -0.05) is 54.8 Å². The van der Waals surface area contributed by atoms with Crippen LogP contribution in [0.2, 0.25) is 5.02 Å². The topological polar surface area (TPSA) is 56.0 Å². The predicted octanol–water partition coefficient (Wildman–Crippen LogP) is 5.23. The highest BCUT2D eigenvalue weighted by molar-refractivity contribution is 6.30. The first-order valence-corrected chi connectivity index (χ1v) is 11.6. The van der Waals surface area contributed by atoms with E-state index in [2.05, 4.69) is 5.32 Å². The third kappa shape index (κ3) is 3.61. The summed E-state index contributed by atoms with van der Waals surface area (Å²) in [6.07, 6.45) is 6.70. The van der Waals surface area contributed by atoms with Crippen LogP contribution in [0.15, 0.2) is 59.5 Å². The van der Waals surface area contributed by atoms with Crippen molar-refractivity contribution in [1.29, 1.82) is 0 Å². The number of hydrogen-bond donors (Lipinski definition) is 1. The zero-order valence-corrected chi connectivity index (χ0v) is 18.9. The number of amides is 1. The fraction of sp³-hybridized carbons (Fsp3) is 0.308. The first-order valence-electron chi connectivity index (χ1n) is 11.2. The highest BCUT2D eigenvalue weighted by Gasteiger charge is 2.25. The third-order valence-electron chi connectivity index (χ3n) is 6.66. The van der Waals surface area contributed by atoms with Crippen molar-refractivity contribution in [1.82, 2.24) is 14.5 Å². The first kappa shape index (κ1) is 20.8. The van der Waals surface area contributed by atoms with Crippen LogP contribution in [0.5, 0.6) is 0 Å². The molecule has 32 heavy (non-hydrogen) atoms. The molecule has 1 amide bonds. The molecule has 1 fully saturated rings. The van der Waals surface area contributed by atoms with Crippen molar-refractivity contribution in [3.05, 3.63) is 81.2 Å². The summed E-state index contributed by atoms with van der Waals surface area (Å²) < 4.78 is 3.74. The molecular formula is C26H26ClN3O2. The molecule has 1 aliphatic rings. The van der Waals surface area contributed by atoms with Crippen LogP contribution < -0.4 is 10.9 Å². The summed E-state index contributed by atoms with van der Waals surface area (Å²) >= 11 is 5.96. The predicted molar refractivity (Wildman–Crippen MR) is 130 cm³/mol. The van der Waals surface area contributed by atoms with Gasteiger partial charge in [0.05, 0.1) is 5.56 Å². The number of fused-ring (bicyclic) bond motifs is 3. The number of carbonyl (C=O) groups is 1. The lowest BCUT2D eigenvalue weighted by molar-refractivity contribution is 0.0955. The average Bonchev–Trinajstić information content (AvgIpc) is 3.43. The summed E-state index contributed by atoms with van der Waals surface area (Å²) in [5.41, 5.74) is 3.23. The first-order chi connectivity index (χ1) is 15.5. The molecule has 5 rings (SSSR count). The molecule has 1 aliphatic carbocycles. The number of benzene rings is 2. The summed E-state index contributed by atoms with van der Waals surface area (Å²) in [6.45, 7) is 0.509. The third-order valence-corrected chi connectivity index (χ3v) is 6.91. The van der Waals surface area contributed by atoms with E-state index < -0.39 is 0 Å². The number of hydrogen-bond acceptors (Lipinski definition) is 2. The van der Waals surface area contributed by atoms with E-state index in [-0.39, 0.29) is 17.5 Å². The molecule has 0 bridgehead atoms. The quantitative estimate of drug-likeness (QED) is 0.455. The number of halogens is 1. The Morgan fingerprint density at radius 3 is 2.56 bits per heavy atom. The van der Waals surface area contributed by atoms with Crippen molar-refractivity contribution in [3.8, 4) is 0 Å². The van der Waals surface area contributed by atoms with Crippen LogP contribution in [0.4, 0.5) is 0 Å². The Labute approximate surface area is 191 Å². The van der Waals surface area contributed by atoms with Gasteiger partial charge in [-0.15, -0.1) is 0 Å². The molecule has 2 aromatic carbocycles. The molecule has 0 spiro atoms. The van der Waals surface area contributed by atoms with Crippen LogP contribution in [-0.4, -0.2) is 21.6 Å². The number of aryl methyl sites for hydroxylation is 1. The molecule has 0 aliphatic heterocycles. The van der Waals surface area contributed by atoms with E-state index in [4.69, 9.17) is 11.6 Å². The molecule has 2 aromatic heterocycles. The van der Waals surface area contributed by atoms with Crippen molar-refractivity contribution in [2.24, 2.45) is 7.05 Å². The summed E-state index contributed by atoms with van der Waals surface area (Å²) in [7, 11) is 1.91. The molecule has 1 N–H and O–H groups in total.